The van der Waals surface area contributed by atoms with E-state index in [-0.39, 0.29) is 150 Å². The van der Waals surface area contributed by atoms with Crippen molar-refractivity contribution in [1.82, 2.24) is 0 Å². The monoisotopic (exact) mass is 664 g/mol. The van der Waals surface area contributed by atoms with Gasteiger partial charge in [-0.05, 0) is 0 Å². The zero-order chi connectivity index (χ0) is 0. The van der Waals surface area contributed by atoms with Gasteiger partial charge in [-0.15, -0.1) is 0 Å². The molecule has 0 aliphatic heterocycles. The Balaban J connectivity index is 0. The zero-order valence-electron chi connectivity index (χ0n) is 1.18. The molecule has 0 saturated heterocycles. The topological polar surface area (TPSA) is 0 Å². The van der Waals surface area contributed by atoms with Gasteiger partial charge in [0.05, 0.1) is 0 Å². The first kappa shape index (κ1) is 23.0. The molecular weight excluding hydrogens is 664 g/mol. The van der Waals surface area contributed by atoms with Crippen molar-refractivity contribution in [3.63, 3.8) is 0 Å². The summed E-state index contributed by atoms with van der Waals surface area (Å²) in [7, 11) is 0. The second kappa shape index (κ2) is 15.7. The molecule has 4 heteroatoms. The Labute approximate surface area is 145 Å². The minimum Gasteiger partial charge on any atom is 0 e. The third-order valence-electron chi connectivity index (χ3n) is 0. The molecule has 0 amide bonds. The molecule has 46 valence electrons. The molecular formula is DyErHoTm. The summed E-state index contributed by atoms with van der Waals surface area (Å²) >= 11 is 0. The van der Waals surface area contributed by atoms with Crippen molar-refractivity contribution in [3.8, 4) is 0 Å². The van der Waals surface area contributed by atoms with Gasteiger partial charge < -0.3 is 0 Å². The summed E-state index contributed by atoms with van der Waals surface area (Å²) < 4.78 is 0. The molecule has 0 unspecified atom stereocenters. The molecule has 0 rings (SSSR count). The van der Waals surface area contributed by atoms with E-state index in [2.05, 4.69) is 0 Å². The van der Waals surface area contributed by atoms with Crippen LogP contribution in [0.2, 0.25) is 0 Å². The fourth-order valence-corrected chi connectivity index (χ4v) is 0. The molecule has 0 nitrogen and oxygen atoms in total. The van der Waals surface area contributed by atoms with Gasteiger partial charge in [-0.2, -0.15) is 0 Å². The van der Waals surface area contributed by atoms with Crippen molar-refractivity contribution < 1.29 is 150 Å². The Hall–Kier alpha value is 5.01. The normalized spacial score (nSPS) is 0. The minimum atomic E-state index is 0. The van der Waals surface area contributed by atoms with Gasteiger partial charge in [0.15, 0.2) is 0 Å². The number of hydrogen-bond acceptors (Lipinski definition) is 0. The van der Waals surface area contributed by atoms with Crippen molar-refractivity contribution >= 4 is 0 Å². The van der Waals surface area contributed by atoms with E-state index in [1.54, 1.807) is 0 Å². The van der Waals surface area contributed by atoms with E-state index in [9.17, 15) is 0 Å². The smallest absolute Gasteiger partial charge is 0 e. The first-order chi connectivity index (χ1) is 0. The third-order valence-corrected chi connectivity index (χ3v) is 0. The molecule has 0 aromatic rings. The van der Waals surface area contributed by atoms with Crippen molar-refractivity contribution in [1.29, 1.82) is 0 Å². The summed E-state index contributed by atoms with van der Waals surface area (Å²) in [4.78, 5) is 0. The molecule has 4 heavy (non-hydrogen) atoms. The summed E-state index contributed by atoms with van der Waals surface area (Å²) in [5.74, 6) is 0. The molecule has 0 bridgehead atoms. The van der Waals surface area contributed by atoms with Gasteiger partial charge in [0.2, 0.25) is 0 Å². The predicted octanol–water partition coefficient (Wildman–Crippen LogP) is 0. The van der Waals surface area contributed by atoms with Crippen molar-refractivity contribution in [3.05, 3.63) is 0 Å². The molecule has 0 aromatic heterocycles. The zero-order valence-corrected chi connectivity index (χ0v) is 8.78. The van der Waals surface area contributed by atoms with Gasteiger partial charge in [0.1, 0.15) is 0 Å². The van der Waals surface area contributed by atoms with Crippen LogP contribution in [0, 0.1) is 150 Å². The molecule has 0 spiro atoms. The molecule has 0 aliphatic rings. The van der Waals surface area contributed by atoms with E-state index in [4.69, 9.17) is 0 Å². The van der Waals surface area contributed by atoms with Crippen LogP contribution >= 0.6 is 0 Å². The molecule has 0 fully saturated rings. The largest absolute Gasteiger partial charge is 0 e. The SMILES string of the molecule is [Dy].[Er].[Ho].[Tm]. The van der Waals surface area contributed by atoms with Crippen LogP contribution in [-0.2, 0) is 0 Å². The van der Waals surface area contributed by atoms with Gasteiger partial charge in [-0.1, -0.05) is 0 Å². The Bertz CT molecular complexity index is 8.00. The molecule has 0 aromatic carbocycles. The summed E-state index contributed by atoms with van der Waals surface area (Å²) in [5, 5.41) is 0. The Morgan fingerprint density at radius 1 is 1.00 bits per heavy atom. The summed E-state index contributed by atoms with van der Waals surface area (Å²) in [6, 6.07) is 0. The standard InChI is InChI=1S/Dy.Er.Ho.Tm. The van der Waals surface area contributed by atoms with Crippen molar-refractivity contribution in [2.24, 2.45) is 0 Å². The fraction of sp³-hybridized carbons (Fsp3) is 0. The van der Waals surface area contributed by atoms with Gasteiger partial charge in [0.25, 0.3) is 0 Å². The molecule has 0 N–H and O–H groups in total. The van der Waals surface area contributed by atoms with E-state index >= 15 is 0 Å². The minimum absolute atomic E-state index is 0. The maximum Gasteiger partial charge on any atom is 0 e. The van der Waals surface area contributed by atoms with Crippen LogP contribution in [0.5, 0.6) is 0 Å². The fourth-order valence-electron chi connectivity index (χ4n) is 0. The van der Waals surface area contributed by atoms with Crippen LogP contribution in [0.1, 0.15) is 0 Å². The van der Waals surface area contributed by atoms with Gasteiger partial charge >= 0.3 is 0 Å². The quantitative estimate of drug-likeness (QED) is 0.321. The average Bonchev–Trinajstić information content (AvgIpc) is 0. The van der Waals surface area contributed by atoms with Gasteiger partial charge in [0, 0.05) is 150 Å². The number of rotatable bonds is 0. The van der Waals surface area contributed by atoms with E-state index in [1.807, 2.05) is 0 Å². The van der Waals surface area contributed by atoms with Crippen LogP contribution in [-0.4, -0.2) is 0 Å². The molecule has 0 heterocycles. The van der Waals surface area contributed by atoms with E-state index < -0.39 is 0 Å². The summed E-state index contributed by atoms with van der Waals surface area (Å²) in [6.07, 6.45) is 0. The number of hydrogen-bond donors (Lipinski definition) is 0. The molecule has 0 atom stereocenters. The third kappa shape index (κ3) is 10.1. The van der Waals surface area contributed by atoms with Gasteiger partial charge in [-0.25, -0.2) is 0 Å². The maximum atomic E-state index is 0. The Morgan fingerprint density at radius 2 is 1.00 bits per heavy atom. The van der Waals surface area contributed by atoms with Crippen LogP contribution < -0.4 is 0 Å². The molecule has 0 aliphatic carbocycles. The predicted molar refractivity (Wildman–Crippen MR) is 0 cm³/mol. The van der Waals surface area contributed by atoms with E-state index in [0.717, 1.165) is 0 Å². The summed E-state index contributed by atoms with van der Waals surface area (Å²) in [6.45, 7) is 0. The van der Waals surface area contributed by atoms with E-state index in [0.29, 0.717) is 0 Å². The molecule has 0 saturated carbocycles. The van der Waals surface area contributed by atoms with Crippen LogP contribution in [0.3, 0.4) is 0 Å². The average molecular weight is 664 g/mol. The van der Waals surface area contributed by atoms with Crippen LogP contribution in [0.4, 0.5) is 0 Å². The maximum absolute atomic E-state index is 0. The first-order valence-corrected chi connectivity index (χ1v) is 0. The van der Waals surface area contributed by atoms with E-state index in [1.165, 1.54) is 0 Å². The van der Waals surface area contributed by atoms with Crippen molar-refractivity contribution in [2.75, 3.05) is 0 Å². The van der Waals surface area contributed by atoms with Gasteiger partial charge in [-0.3, -0.25) is 0 Å². The Morgan fingerprint density at radius 3 is 1.00 bits per heavy atom. The van der Waals surface area contributed by atoms with Crippen LogP contribution in [0.25, 0.3) is 0 Å². The second-order valence-electron chi connectivity index (χ2n) is 0. The molecule has 2 radical (unpaired) electrons. The second-order valence-corrected chi connectivity index (χ2v) is 0. The summed E-state index contributed by atoms with van der Waals surface area (Å²) in [5.41, 5.74) is 0. The van der Waals surface area contributed by atoms with Crippen LogP contribution in [0.15, 0.2) is 0 Å². The first-order valence-electron chi connectivity index (χ1n) is 0. The van der Waals surface area contributed by atoms with Crippen molar-refractivity contribution in [2.45, 2.75) is 0 Å². The Kier molecular flexibility index (Phi) is 90.3.